The Balaban J connectivity index is 1.72. The number of nitrogens with one attached hydrogen (secondary N) is 1. The van der Waals surface area contributed by atoms with Crippen LogP contribution in [0, 0.1) is 10.1 Å². The lowest BCUT2D eigenvalue weighted by molar-refractivity contribution is -0.757. The molecule has 13 heteroatoms. The summed E-state index contributed by atoms with van der Waals surface area (Å²) in [6, 6.07) is 9.88. The largest absolute Gasteiger partial charge is 0.493 e. The molecule has 2 N–H and O–H groups in total. The molecule has 13 nitrogen and oxygen atoms in total. The van der Waals surface area contributed by atoms with Gasteiger partial charge in [0.15, 0.2) is 11.5 Å². The van der Waals surface area contributed by atoms with E-state index in [-0.39, 0.29) is 19.6 Å². The van der Waals surface area contributed by atoms with Crippen molar-refractivity contribution in [3.8, 4) is 11.5 Å². The summed E-state index contributed by atoms with van der Waals surface area (Å²) in [6.07, 6.45) is 2.46. The van der Waals surface area contributed by atoms with Crippen molar-refractivity contribution in [3.05, 3.63) is 63.7 Å². The molecule has 1 amide bonds. The van der Waals surface area contributed by atoms with Gasteiger partial charge in [0.05, 0.1) is 39.2 Å². The second-order valence-corrected chi connectivity index (χ2v) is 9.85. The minimum Gasteiger partial charge on any atom is -0.493 e. The highest BCUT2D eigenvalue weighted by atomic mass is 16.9. The number of nitrogens with zero attached hydrogens (tertiary/aromatic N) is 2. The lowest BCUT2D eigenvalue weighted by atomic mass is 10.0. The monoisotopic (exact) mass is 587 g/mol. The summed E-state index contributed by atoms with van der Waals surface area (Å²) in [7, 11) is 2.93. The molecular formula is C29H37N3O10. The number of ether oxygens (including phenoxy) is 3. The second-order valence-electron chi connectivity index (χ2n) is 9.85. The quantitative estimate of drug-likeness (QED) is 0.121. The predicted octanol–water partition coefficient (Wildman–Crippen LogP) is 2.95. The third kappa shape index (κ3) is 8.56. The van der Waals surface area contributed by atoms with Crippen molar-refractivity contribution in [1.29, 1.82) is 0 Å². The lowest BCUT2D eigenvalue weighted by Gasteiger charge is -2.28. The number of anilines is 1. The van der Waals surface area contributed by atoms with E-state index in [1.807, 2.05) is 30.3 Å². The number of carbonyl (C=O) groups is 3. The van der Waals surface area contributed by atoms with Crippen molar-refractivity contribution >= 4 is 23.5 Å². The molecule has 1 aliphatic rings. The molecule has 0 fully saturated rings. The van der Waals surface area contributed by atoms with Crippen molar-refractivity contribution in [2.75, 3.05) is 32.3 Å². The van der Waals surface area contributed by atoms with Gasteiger partial charge >= 0.3 is 11.9 Å². The maximum absolute atomic E-state index is 13.7. The molecule has 0 aliphatic carbocycles. The van der Waals surface area contributed by atoms with Crippen LogP contribution in [0.25, 0.3) is 0 Å². The Labute approximate surface area is 243 Å². The summed E-state index contributed by atoms with van der Waals surface area (Å²) in [5.41, 5.74) is 2.04. The Morgan fingerprint density at radius 2 is 1.74 bits per heavy atom. The third-order valence-electron chi connectivity index (χ3n) is 6.99. The standard InChI is InChI=1S/C29H37N3O10/c1-19(27(33)31-23-18-26(40-3)25(39-2)17-21(23)16-24(31)28(34)35)30-22(13-12-20-10-6-4-7-11-20)29(36)41-14-8-5-9-15-42-32(37)38/h4,6-7,10-11,17-19,22,24,30H,5,8-9,12-16H2,1-3H3,(H,34,35). The van der Waals surface area contributed by atoms with E-state index >= 15 is 0 Å². The second kappa shape index (κ2) is 15.6. The summed E-state index contributed by atoms with van der Waals surface area (Å²) >= 11 is 0. The number of methoxy groups -OCH3 is 2. The van der Waals surface area contributed by atoms with Gasteiger partial charge in [-0.15, -0.1) is 10.1 Å². The van der Waals surface area contributed by atoms with Crippen molar-refractivity contribution in [2.45, 2.75) is 63.6 Å². The molecule has 3 rings (SSSR count). The Hall–Kier alpha value is -4.39. The summed E-state index contributed by atoms with van der Waals surface area (Å²) in [5, 5.41) is 22.4. The van der Waals surface area contributed by atoms with Crippen molar-refractivity contribution < 1.29 is 43.6 Å². The molecular weight excluding hydrogens is 550 g/mol. The molecule has 1 heterocycles. The molecule has 0 saturated carbocycles. The number of esters is 1. The van der Waals surface area contributed by atoms with Crippen LogP contribution in [0.15, 0.2) is 42.5 Å². The van der Waals surface area contributed by atoms with Gasteiger partial charge in [-0.05, 0) is 56.2 Å². The minimum atomic E-state index is -1.16. The van der Waals surface area contributed by atoms with Crippen molar-refractivity contribution in [1.82, 2.24) is 5.32 Å². The number of aliphatic carboxylic acids is 1. The molecule has 0 aromatic heterocycles. The number of carbonyl (C=O) groups excluding carboxylic acids is 2. The Morgan fingerprint density at radius 3 is 2.38 bits per heavy atom. The van der Waals surface area contributed by atoms with Crippen molar-refractivity contribution in [2.24, 2.45) is 0 Å². The van der Waals surface area contributed by atoms with Gasteiger partial charge in [-0.25, -0.2) is 4.79 Å². The fraction of sp³-hybridized carbons (Fsp3) is 0.483. The Morgan fingerprint density at radius 1 is 1.07 bits per heavy atom. The van der Waals surface area contributed by atoms with Crippen LogP contribution in [0.2, 0.25) is 0 Å². The van der Waals surface area contributed by atoms with E-state index in [4.69, 9.17) is 14.2 Å². The van der Waals surface area contributed by atoms with E-state index in [2.05, 4.69) is 10.2 Å². The average Bonchev–Trinajstić information content (AvgIpc) is 3.36. The van der Waals surface area contributed by atoms with E-state index < -0.39 is 41.1 Å². The number of carboxylic acids is 1. The van der Waals surface area contributed by atoms with Gasteiger partial charge in [0.25, 0.3) is 5.09 Å². The average molecular weight is 588 g/mol. The van der Waals surface area contributed by atoms with Crippen LogP contribution in [-0.4, -0.2) is 73.6 Å². The van der Waals surface area contributed by atoms with Crippen LogP contribution in [0.1, 0.15) is 43.7 Å². The molecule has 42 heavy (non-hydrogen) atoms. The maximum atomic E-state index is 13.7. The molecule has 1 aliphatic heterocycles. The number of rotatable bonds is 17. The highest BCUT2D eigenvalue weighted by molar-refractivity contribution is 6.04. The molecule has 3 unspecified atom stereocenters. The number of aryl methyl sites for hydroxylation is 1. The van der Waals surface area contributed by atoms with Crippen LogP contribution in [-0.2, 0) is 36.8 Å². The first-order chi connectivity index (χ1) is 20.2. The fourth-order valence-corrected chi connectivity index (χ4v) is 4.84. The van der Waals surface area contributed by atoms with Crippen LogP contribution in [0.5, 0.6) is 11.5 Å². The van der Waals surface area contributed by atoms with E-state index in [0.717, 1.165) is 5.56 Å². The highest BCUT2D eigenvalue weighted by Crippen LogP contribution is 2.41. The van der Waals surface area contributed by atoms with E-state index in [0.29, 0.717) is 54.9 Å². The van der Waals surface area contributed by atoms with Gasteiger partial charge in [0, 0.05) is 12.5 Å². The van der Waals surface area contributed by atoms with Crippen molar-refractivity contribution in [3.63, 3.8) is 0 Å². The van der Waals surface area contributed by atoms with Gasteiger partial charge in [-0.1, -0.05) is 30.3 Å². The van der Waals surface area contributed by atoms with Gasteiger partial charge in [0.1, 0.15) is 12.1 Å². The first-order valence-electron chi connectivity index (χ1n) is 13.7. The summed E-state index contributed by atoms with van der Waals surface area (Å²) in [6.45, 7) is 1.65. The number of unbranched alkanes of at least 4 members (excludes halogenated alkanes) is 2. The summed E-state index contributed by atoms with van der Waals surface area (Å²) < 4.78 is 16.2. The maximum Gasteiger partial charge on any atom is 0.327 e. The number of amides is 1. The Bertz CT molecular complexity index is 1240. The van der Waals surface area contributed by atoms with Gasteiger partial charge in [0.2, 0.25) is 5.91 Å². The first-order valence-corrected chi connectivity index (χ1v) is 13.7. The van der Waals surface area contributed by atoms with Crippen LogP contribution >= 0.6 is 0 Å². The topological polar surface area (TPSA) is 167 Å². The number of carboxylic acid groups (broad SMARTS) is 1. The van der Waals surface area contributed by atoms with E-state index in [9.17, 15) is 29.6 Å². The third-order valence-corrected chi connectivity index (χ3v) is 6.99. The van der Waals surface area contributed by atoms with Crippen LogP contribution in [0.3, 0.4) is 0 Å². The number of fused-ring (bicyclic) bond motifs is 1. The molecule has 0 radical (unpaired) electrons. The predicted molar refractivity (Wildman–Crippen MR) is 151 cm³/mol. The van der Waals surface area contributed by atoms with E-state index in [1.54, 1.807) is 19.1 Å². The normalized spacial score (nSPS) is 15.3. The zero-order chi connectivity index (χ0) is 30.6. The SMILES string of the molecule is COc1cc2c(cc1OC)N(C(=O)C(C)NC(CCc1ccccc1)C(=O)OCCCCCO[N+](=O)[O-])C(C(=O)O)C2. The molecule has 228 valence electrons. The van der Waals surface area contributed by atoms with Crippen LogP contribution < -0.4 is 19.7 Å². The molecule has 3 atom stereocenters. The van der Waals surface area contributed by atoms with Gasteiger partial charge < -0.3 is 24.2 Å². The first kappa shape index (κ1) is 32.1. The van der Waals surface area contributed by atoms with Gasteiger partial charge in [-0.3, -0.25) is 19.8 Å². The Kier molecular flexibility index (Phi) is 11.9. The minimum absolute atomic E-state index is 0.0303. The number of hydrogen-bond acceptors (Lipinski definition) is 10. The highest BCUT2D eigenvalue weighted by Gasteiger charge is 2.41. The lowest BCUT2D eigenvalue weighted by Crippen LogP contribution is -2.54. The molecule has 0 bridgehead atoms. The molecule has 0 saturated heterocycles. The zero-order valence-electron chi connectivity index (χ0n) is 23.9. The number of benzene rings is 2. The molecule has 2 aromatic carbocycles. The molecule has 2 aromatic rings. The van der Waals surface area contributed by atoms with Crippen LogP contribution in [0.4, 0.5) is 5.69 Å². The smallest absolute Gasteiger partial charge is 0.327 e. The summed E-state index contributed by atoms with van der Waals surface area (Å²) in [5.74, 6) is -1.44. The number of hydrogen-bond donors (Lipinski definition) is 2. The fourth-order valence-electron chi connectivity index (χ4n) is 4.84. The molecule has 0 spiro atoms. The summed E-state index contributed by atoms with van der Waals surface area (Å²) in [4.78, 5) is 54.7. The zero-order valence-corrected chi connectivity index (χ0v) is 23.9. The van der Waals surface area contributed by atoms with E-state index in [1.165, 1.54) is 19.1 Å². The van der Waals surface area contributed by atoms with Gasteiger partial charge in [-0.2, -0.15) is 0 Å².